The van der Waals surface area contributed by atoms with Gasteiger partial charge in [0.1, 0.15) is 5.75 Å². The summed E-state index contributed by atoms with van der Waals surface area (Å²) in [6.07, 6.45) is 0.733. The predicted molar refractivity (Wildman–Crippen MR) is 71.9 cm³/mol. The monoisotopic (exact) mass is 292 g/mol. The molecule has 4 nitrogen and oxygen atoms in total. The van der Waals surface area contributed by atoms with Crippen molar-refractivity contribution in [1.82, 2.24) is 0 Å². The molecule has 6 heteroatoms. The van der Waals surface area contributed by atoms with Crippen molar-refractivity contribution in [2.45, 2.75) is 12.8 Å². The third-order valence-electron chi connectivity index (χ3n) is 2.30. The van der Waals surface area contributed by atoms with Crippen LogP contribution in [0.4, 0.5) is 0 Å². The molecule has 0 radical (unpaired) electrons. The van der Waals surface area contributed by atoms with Gasteiger partial charge in [-0.2, -0.15) is 0 Å². The van der Waals surface area contributed by atoms with Crippen LogP contribution in [-0.4, -0.2) is 38.2 Å². The highest BCUT2D eigenvalue weighted by Gasteiger charge is 2.09. The van der Waals surface area contributed by atoms with E-state index < -0.39 is 9.84 Å². The molecule has 0 aliphatic carbocycles. The van der Waals surface area contributed by atoms with Gasteiger partial charge < -0.3 is 9.84 Å². The second-order valence-corrected chi connectivity index (χ2v) is 6.62. The highest BCUT2D eigenvalue weighted by atomic mass is 35.5. The minimum absolute atomic E-state index is 0.0322. The van der Waals surface area contributed by atoms with Crippen LogP contribution in [0.3, 0.4) is 0 Å². The van der Waals surface area contributed by atoms with E-state index in [1.165, 1.54) is 0 Å². The van der Waals surface area contributed by atoms with Gasteiger partial charge in [0.05, 0.1) is 18.1 Å². The molecule has 0 fully saturated rings. The van der Waals surface area contributed by atoms with Crippen molar-refractivity contribution < 1.29 is 18.3 Å². The maximum absolute atomic E-state index is 11.5. The zero-order valence-corrected chi connectivity index (χ0v) is 11.6. The fraction of sp³-hybridized carbons (Fsp3) is 0.500. The first kappa shape index (κ1) is 15.3. The molecular formula is C12H17ClO4S. The highest BCUT2D eigenvalue weighted by Crippen LogP contribution is 2.15. The van der Waals surface area contributed by atoms with Crippen molar-refractivity contribution in [3.8, 4) is 5.75 Å². The number of hydrogen-bond donors (Lipinski definition) is 1. The van der Waals surface area contributed by atoms with Gasteiger partial charge in [-0.05, 0) is 37.1 Å². The fourth-order valence-electron chi connectivity index (χ4n) is 1.39. The van der Waals surface area contributed by atoms with Crippen LogP contribution in [0.2, 0.25) is 5.02 Å². The second-order valence-electron chi connectivity index (χ2n) is 3.88. The Kier molecular flexibility index (Phi) is 6.46. The summed E-state index contributed by atoms with van der Waals surface area (Å²) in [5, 5.41) is 9.21. The van der Waals surface area contributed by atoms with Crippen molar-refractivity contribution in [3.05, 3.63) is 29.3 Å². The third-order valence-corrected chi connectivity index (χ3v) is 4.37. The zero-order chi connectivity index (χ0) is 13.4. The average Bonchev–Trinajstić information content (AvgIpc) is 2.34. The van der Waals surface area contributed by atoms with E-state index in [0.29, 0.717) is 30.2 Å². The first-order valence-corrected chi connectivity index (χ1v) is 7.93. The molecule has 0 saturated carbocycles. The van der Waals surface area contributed by atoms with Crippen molar-refractivity contribution >= 4 is 21.4 Å². The molecule has 0 aromatic heterocycles. The molecule has 0 heterocycles. The lowest BCUT2D eigenvalue weighted by molar-refractivity contribution is 0.295. The van der Waals surface area contributed by atoms with Gasteiger partial charge in [-0.3, -0.25) is 0 Å². The van der Waals surface area contributed by atoms with E-state index in [0.717, 1.165) is 0 Å². The summed E-state index contributed by atoms with van der Waals surface area (Å²) in [5.74, 6) is 0.789. The van der Waals surface area contributed by atoms with Crippen LogP contribution in [0.15, 0.2) is 24.3 Å². The molecule has 0 spiro atoms. The predicted octanol–water partition coefficient (Wildman–Crippen LogP) is 1.91. The molecule has 1 N–H and O–H groups in total. The van der Waals surface area contributed by atoms with E-state index in [4.69, 9.17) is 21.4 Å². The second kappa shape index (κ2) is 7.61. The number of sulfone groups is 1. The molecule has 1 aromatic rings. The number of halogens is 1. The van der Waals surface area contributed by atoms with Gasteiger partial charge >= 0.3 is 0 Å². The van der Waals surface area contributed by atoms with E-state index in [2.05, 4.69) is 0 Å². The van der Waals surface area contributed by atoms with Gasteiger partial charge in [0, 0.05) is 11.6 Å². The topological polar surface area (TPSA) is 63.6 Å². The summed E-state index contributed by atoms with van der Waals surface area (Å²) in [5.41, 5.74) is 0. The Morgan fingerprint density at radius 1 is 1.11 bits per heavy atom. The van der Waals surface area contributed by atoms with E-state index in [-0.39, 0.29) is 18.1 Å². The van der Waals surface area contributed by atoms with Crippen LogP contribution in [0, 0.1) is 0 Å². The Morgan fingerprint density at radius 3 is 2.33 bits per heavy atom. The van der Waals surface area contributed by atoms with Crippen LogP contribution in [-0.2, 0) is 9.84 Å². The van der Waals surface area contributed by atoms with E-state index in [1.807, 2.05) is 0 Å². The molecule has 0 aliphatic heterocycles. The Balaban J connectivity index is 2.24. The molecule has 1 rings (SSSR count). The molecule has 0 saturated heterocycles. The Hall–Kier alpha value is -0.780. The number of ether oxygens (including phenoxy) is 1. The normalized spacial score (nSPS) is 11.4. The smallest absolute Gasteiger partial charge is 0.150 e. The molecule has 0 atom stereocenters. The minimum atomic E-state index is -3.07. The number of benzene rings is 1. The summed E-state index contributed by atoms with van der Waals surface area (Å²) < 4.78 is 28.3. The minimum Gasteiger partial charge on any atom is -0.494 e. The largest absolute Gasteiger partial charge is 0.494 e. The molecule has 1 aromatic carbocycles. The number of aliphatic hydroxyl groups excluding tert-OH is 1. The van der Waals surface area contributed by atoms with E-state index >= 15 is 0 Å². The average molecular weight is 293 g/mol. The van der Waals surface area contributed by atoms with Gasteiger partial charge in [-0.25, -0.2) is 8.42 Å². The van der Waals surface area contributed by atoms with Crippen LogP contribution in [0.1, 0.15) is 12.8 Å². The van der Waals surface area contributed by atoms with Crippen molar-refractivity contribution in [2.75, 3.05) is 24.7 Å². The van der Waals surface area contributed by atoms with Crippen LogP contribution in [0.25, 0.3) is 0 Å². The summed E-state index contributed by atoms with van der Waals surface area (Å²) in [7, 11) is -3.07. The summed E-state index contributed by atoms with van der Waals surface area (Å²) >= 11 is 5.73. The first-order valence-electron chi connectivity index (χ1n) is 5.73. The number of hydrogen-bond acceptors (Lipinski definition) is 4. The van der Waals surface area contributed by atoms with Crippen LogP contribution in [0.5, 0.6) is 5.75 Å². The lowest BCUT2D eigenvalue weighted by Crippen LogP contribution is -2.14. The number of rotatable bonds is 8. The van der Waals surface area contributed by atoms with Crippen molar-refractivity contribution in [1.29, 1.82) is 0 Å². The standard InChI is InChI=1S/C12H17ClO4S/c13-11-3-5-12(6-4-11)17-8-2-10-18(15,16)9-1-7-14/h3-6,14H,1-2,7-10H2. The number of aliphatic hydroxyl groups is 1. The van der Waals surface area contributed by atoms with Gasteiger partial charge in [-0.1, -0.05) is 11.6 Å². The van der Waals surface area contributed by atoms with Gasteiger partial charge in [0.25, 0.3) is 0 Å². The molecule has 0 aliphatic rings. The van der Waals surface area contributed by atoms with Gasteiger partial charge in [0.15, 0.2) is 9.84 Å². The quantitative estimate of drug-likeness (QED) is 0.743. The summed E-state index contributed by atoms with van der Waals surface area (Å²) in [6, 6.07) is 6.91. The lowest BCUT2D eigenvalue weighted by atomic mass is 10.3. The molecule has 0 amide bonds. The molecule has 102 valence electrons. The van der Waals surface area contributed by atoms with E-state index in [9.17, 15) is 8.42 Å². The zero-order valence-electron chi connectivity index (χ0n) is 10.0. The summed E-state index contributed by atoms with van der Waals surface area (Å²) in [4.78, 5) is 0. The Labute approximate surface area is 112 Å². The van der Waals surface area contributed by atoms with Crippen molar-refractivity contribution in [2.24, 2.45) is 0 Å². The van der Waals surface area contributed by atoms with Crippen LogP contribution < -0.4 is 4.74 Å². The molecule has 0 bridgehead atoms. The summed E-state index contributed by atoms with van der Waals surface area (Å²) in [6.45, 7) is 0.250. The van der Waals surface area contributed by atoms with E-state index in [1.54, 1.807) is 24.3 Å². The van der Waals surface area contributed by atoms with Gasteiger partial charge in [-0.15, -0.1) is 0 Å². The van der Waals surface area contributed by atoms with Crippen molar-refractivity contribution in [3.63, 3.8) is 0 Å². The molecule has 0 unspecified atom stereocenters. The lowest BCUT2D eigenvalue weighted by Gasteiger charge is -2.06. The maximum atomic E-state index is 11.5. The molecular weight excluding hydrogens is 276 g/mol. The highest BCUT2D eigenvalue weighted by molar-refractivity contribution is 7.91. The Morgan fingerprint density at radius 2 is 1.72 bits per heavy atom. The SMILES string of the molecule is O=S(=O)(CCCO)CCCOc1ccc(Cl)cc1. The van der Waals surface area contributed by atoms with Crippen LogP contribution >= 0.6 is 11.6 Å². The van der Waals surface area contributed by atoms with Gasteiger partial charge in [0.2, 0.25) is 0 Å². The maximum Gasteiger partial charge on any atom is 0.150 e. The molecule has 18 heavy (non-hydrogen) atoms. The third kappa shape index (κ3) is 6.23. The fourth-order valence-corrected chi connectivity index (χ4v) is 2.84. The Bertz CT molecular complexity index is 442. The first-order chi connectivity index (χ1) is 8.53.